The van der Waals surface area contributed by atoms with Crippen molar-refractivity contribution in [2.45, 2.75) is 6.54 Å². The molecule has 2 aliphatic rings. The number of rotatable bonds is 5. The molecule has 1 aromatic heterocycles. The Morgan fingerprint density at radius 1 is 1.03 bits per heavy atom. The predicted molar refractivity (Wildman–Crippen MR) is 150 cm³/mol. The second kappa shape index (κ2) is 10.0. The zero-order valence-electron chi connectivity index (χ0n) is 19.7. The molecule has 186 valence electrons. The Labute approximate surface area is 226 Å². The maximum absolute atomic E-state index is 12.1. The maximum atomic E-state index is 12.1. The highest BCUT2D eigenvalue weighted by Gasteiger charge is 2.27. The first-order valence-corrected chi connectivity index (χ1v) is 13.5. The van der Waals surface area contributed by atoms with Crippen LogP contribution in [0.4, 0.5) is 17.1 Å². The summed E-state index contributed by atoms with van der Waals surface area (Å²) < 4.78 is 6.41. The molecule has 2 aliphatic heterocycles. The number of hydrogen-bond donors (Lipinski definition) is 0. The van der Waals surface area contributed by atoms with Crippen molar-refractivity contribution in [3.05, 3.63) is 104 Å². The van der Waals surface area contributed by atoms with Gasteiger partial charge in [0.25, 0.3) is 5.69 Å². The van der Waals surface area contributed by atoms with E-state index in [1.165, 1.54) is 0 Å². The molecule has 3 heterocycles. The summed E-state index contributed by atoms with van der Waals surface area (Å²) in [6.45, 7) is 3.19. The molecule has 0 amide bonds. The third-order valence-corrected chi connectivity index (χ3v) is 7.79. The molecule has 0 saturated carbocycles. The number of ether oxygens (including phenoxy) is 1. The van der Waals surface area contributed by atoms with Gasteiger partial charge < -0.3 is 9.64 Å². The molecule has 37 heavy (non-hydrogen) atoms. The monoisotopic (exact) mass is 575 g/mol. The number of nitrogens with zero attached hydrogens (tertiary/aromatic N) is 5. The summed E-state index contributed by atoms with van der Waals surface area (Å²) in [5.74, 6) is 0. The third-order valence-electron chi connectivity index (χ3n) is 6.51. The van der Waals surface area contributed by atoms with Gasteiger partial charge in [0.1, 0.15) is 5.69 Å². The highest BCUT2D eigenvalue weighted by Crippen LogP contribution is 2.37. The minimum Gasteiger partial charge on any atom is -0.378 e. The molecule has 10 heteroatoms. The number of morpholine rings is 1. The van der Waals surface area contributed by atoms with Gasteiger partial charge in [-0.2, -0.15) is 5.10 Å². The SMILES string of the molecule is O=[N+]([O-])c1ccc(N2CCOCC2)cc1N1Cc2ccccc2C(c2cc(Br)cc(-c3cncs3)c2)=N1. The van der Waals surface area contributed by atoms with Gasteiger partial charge in [-0.15, -0.1) is 11.3 Å². The average Bonchev–Trinajstić information content (AvgIpc) is 3.47. The van der Waals surface area contributed by atoms with Crippen LogP contribution in [0.5, 0.6) is 0 Å². The lowest BCUT2D eigenvalue weighted by Crippen LogP contribution is -2.36. The number of halogens is 1. The largest absolute Gasteiger partial charge is 0.378 e. The molecule has 6 rings (SSSR count). The molecular weight excluding hydrogens is 554 g/mol. The molecule has 3 aromatic carbocycles. The number of aromatic nitrogens is 1. The molecule has 0 spiro atoms. The number of nitro groups is 1. The Morgan fingerprint density at radius 3 is 2.62 bits per heavy atom. The van der Waals surface area contributed by atoms with Crippen LogP contribution in [0.15, 0.2) is 81.9 Å². The summed E-state index contributed by atoms with van der Waals surface area (Å²) in [5, 5.41) is 18.8. The highest BCUT2D eigenvalue weighted by atomic mass is 79.9. The Bertz CT molecular complexity index is 1500. The number of anilines is 2. The second-order valence-corrected chi connectivity index (χ2v) is 10.6. The number of fused-ring (bicyclic) bond motifs is 1. The van der Waals surface area contributed by atoms with Gasteiger partial charge >= 0.3 is 0 Å². The zero-order chi connectivity index (χ0) is 25.4. The van der Waals surface area contributed by atoms with Gasteiger partial charge in [-0.1, -0.05) is 40.2 Å². The number of hydrogen-bond acceptors (Lipinski definition) is 8. The predicted octanol–water partition coefficient (Wildman–Crippen LogP) is 6.09. The molecule has 8 nitrogen and oxygen atoms in total. The average molecular weight is 576 g/mol. The smallest absolute Gasteiger partial charge is 0.294 e. The van der Waals surface area contributed by atoms with Crippen LogP contribution >= 0.6 is 27.3 Å². The summed E-state index contributed by atoms with van der Waals surface area (Å²) in [6.07, 6.45) is 1.85. The number of hydrazone groups is 1. The molecule has 1 saturated heterocycles. The van der Waals surface area contributed by atoms with Crippen molar-refractivity contribution in [2.24, 2.45) is 5.10 Å². The van der Waals surface area contributed by atoms with Crippen LogP contribution in [0.2, 0.25) is 0 Å². The quantitative estimate of drug-likeness (QED) is 0.211. The van der Waals surface area contributed by atoms with E-state index in [1.54, 1.807) is 22.4 Å². The molecule has 0 unspecified atom stereocenters. The van der Waals surface area contributed by atoms with Gasteiger partial charge in [-0.25, -0.2) is 0 Å². The molecule has 0 atom stereocenters. The molecule has 1 fully saturated rings. The van der Waals surface area contributed by atoms with Crippen LogP contribution in [-0.4, -0.2) is 41.9 Å². The van der Waals surface area contributed by atoms with Crippen LogP contribution in [0.3, 0.4) is 0 Å². The van der Waals surface area contributed by atoms with E-state index in [4.69, 9.17) is 9.84 Å². The first-order valence-electron chi connectivity index (χ1n) is 11.8. The third kappa shape index (κ3) is 4.75. The molecule has 0 aliphatic carbocycles. The fraction of sp³-hybridized carbons (Fsp3) is 0.185. The lowest BCUT2D eigenvalue weighted by molar-refractivity contribution is -0.384. The molecule has 0 N–H and O–H groups in total. The van der Waals surface area contributed by atoms with E-state index in [2.05, 4.69) is 50.1 Å². The topological polar surface area (TPSA) is 84.1 Å². The van der Waals surface area contributed by atoms with Crippen molar-refractivity contribution in [3.8, 4) is 10.4 Å². The summed E-state index contributed by atoms with van der Waals surface area (Å²) in [7, 11) is 0. The van der Waals surface area contributed by atoms with Crippen molar-refractivity contribution < 1.29 is 9.66 Å². The van der Waals surface area contributed by atoms with Gasteiger partial charge in [0.2, 0.25) is 0 Å². The van der Waals surface area contributed by atoms with Crippen LogP contribution in [0, 0.1) is 10.1 Å². The molecule has 0 bridgehead atoms. The van der Waals surface area contributed by atoms with Crippen LogP contribution in [-0.2, 0) is 11.3 Å². The van der Waals surface area contributed by atoms with Crippen molar-refractivity contribution >= 4 is 50.0 Å². The second-order valence-electron chi connectivity index (χ2n) is 8.79. The van der Waals surface area contributed by atoms with E-state index in [0.717, 1.165) is 56.1 Å². The lowest BCUT2D eigenvalue weighted by Gasteiger charge is -2.31. The van der Waals surface area contributed by atoms with E-state index < -0.39 is 0 Å². The van der Waals surface area contributed by atoms with Gasteiger partial charge in [0.15, 0.2) is 0 Å². The van der Waals surface area contributed by atoms with E-state index in [-0.39, 0.29) is 10.6 Å². The van der Waals surface area contributed by atoms with Gasteiger partial charge in [-0.05, 0) is 41.5 Å². The zero-order valence-corrected chi connectivity index (χ0v) is 22.1. The Kier molecular flexibility index (Phi) is 6.45. The Balaban J connectivity index is 1.49. The standard InChI is InChI=1S/C27H22BrN5O3S/c28-21-12-19(26-15-29-17-37-26)11-20(13-21)27-23-4-2-1-3-18(23)16-32(30-27)25-14-22(5-6-24(25)33(34)35)31-7-9-36-10-8-31/h1-6,11-15,17H,7-10,16H2. The van der Waals surface area contributed by atoms with Crippen molar-refractivity contribution in [1.29, 1.82) is 0 Å². The number of benzene rings is 3. The molecule has 0 radical (unpaired) electrons. The first-order chi connectivity index (χ1) is 18.1. The minimum absolute atomic E-state index is 0.0269. The van der Waals surface area contributed by atoms with E-state index in [9.17, 15) is 10.1 Å². The van der Waals surface area contributed by atoms with Gasteiger partial charge in [-0.3, -0.25) is 20.1 Å². The van der Waals surface area contributed by atoms with Crippen LogP contribution < -0.4 is 9.91 Å². The summed E-state index contributed by atoms with van der Waals surface area (Å²) in [6, 6.07) is 19.5. The van der Waals surface area contributed by atoms with Crippen molar-refractivity contribution in [3.63, 3.8) is 0 Å². The normalized spacial score (nSPS) is 15.3. The molecular formula is C27H22BrN5O3S. The summed E-state index contributed by atoms with van der Waals surface area (Å²) in [4.78, 5) is 19.2. The van der Waals surface area contributed by atoms with E-state index in [0.29, 0.717) is 25.4 Å². The fourth-order valence-corrected chi connectivity index (χ4v) is 5.84. The first kappa shape index (κ1) is 23.8. The number of thiazole rings is 1. The Hall–Kier alpha value is -3.60. The van der Waals surface area contributed by atoms with Crippen LogP contribution in [0.1, 0.15) is 16.7 Å². The van der Waals surface area contributed by atoms with Crippen molar-refractivity contribution in [2.75, 3.05) is 36.2 Å². The van der Waals surface area contributed by atoms with Crippen LogP contribution in [0.25, 0.3) is 10.4 Å². The Morgan fingerprint density at radius 2 is 1.84 bits per heavy atom. The van der Waals surface area contributed by atoms with Crippen molar-refractivity contribution in [1.82, 2.24) is 4.98 Å². The minimum atomic E-state index is -0.338. The highest BCUT2D eigenvalue weighted by molar-refractivity contribution is 9.10. The lowest BCUT2D eigenvalue weighted by atomic mass is 9.95. The fourth-order valence-electron chi connectivity index (χ4n) is 4.73. The van der Waals surface area contributed by atoms with Gasteiger partial charge in [0, 0.05) is 46.6 Å². The van der Waals surface area contributed by atoms with E-state index >= 15 is 0 Å². The summed E-state index contributed by atoms with van der Waals surface area (Å²) in [5.41, 5.74) is 8.02. The van der Waals surface area contributed by atoms with E-state index in [1.807, 2.05) is 42.0 Å². The molecule has 4 aromatic rings. The summed E-state index contributed by atoms with van der Waals surface area (Å²) >= 11 is 5.23. The van der Waals surface area contributed by atoms with Gasteiger partial charge in [0.05, 0.1) is 40.8 Å². The number of nitro benzene ring substituents is 1. The maximum Gasteiger partial charge on any atom is 0.294 e.